The number of Topliss-reactive ketones (excluding diaryl/α,β-unsaturated/α-hetero) is 1. The normalized spacial score (nSPS) is 23.7. The van der Waals surface area contributed by atoms with Gasteiger partial charge in [-0.3, -0.25) is 9.69 Å². The first-order chi connectivity index (χ1) is 6.77. The fourth-order valence-electron chi connectivity index (χ4n) is 2.16. The minimum atomic E-state index is 0.202. The van der Waals surface area contributed by atoms with Crippen LogP contribution >= 0.6 is 0 Å². The maximum Gasteiger partial charge on any atom is 0.172 e. The standard InChI is InChI=1S/C11H21NO2/c1-3-10-6-4-5-7-12(10)8-11(13)9-14-2/h10H,3-9H2,1-2H3. The van der Waals surface area contributed by atoms with Crippen LogP contribution in [0.3, 0.4) is 0 Å². The molecule has 0 aromatic rings. The van der Waals surface area contributed by atoms with E-state index in [-0.39, 0.29) is 12.4 Å². The van der Waals surface area contributed by atoms with Gasteiger partial charge in [0.15, 0.2) is 5.78 Å². The zero-order chi connectivity index (χ0) is 10.4. The lowest BCUT2D eigenvalue weighted by Gasteiger charge is -2.34. The van der Waals surface area contributed by atoms with Crippen molar-refractivity contribution in [3.63, 3.8) is 0 Å². The van der Waals surface area contributed by atoms with Crippen molar-refractivity contribution in [2.24, 2.45) is 0 Å². The van der Waals surface area contributed by atoms with E-state index in [4.69, 9.17) is 4.74 Å². The molecule has 0 saturated carbocycles. The van der Waals surface area contributed by atoms with Crippen LogP contribution in [-0.2, 0) is 9.53 Å². The van der Waals surface area contributed by atoms with Crippen LogP contribution in [0.5, 0.6) is 0 Å². The highest BCUT2D eigenvalue weighted by molar-refractivity contribution is 5.81. The van der Waals surface area contributed by atoms with Crippen molar-refractivity contribution in [3.05, 3.63) is 0 Å². The Morgan fingerprint density at radius 3 is 2.93 bits per heavy atom. The Morgan fingerprint density at radius 2 is 2.29 bits per heavy atom. The summed E-state index contributed by atoms with van der Waals surface area (Å²) in [7, 11) is 1.57. The van der Waals surface area contributed by atoms with Crippen molar-refractivity contribution >= 4 is 5.78 Å². The van der Waals surface area contributed by atoms with Crippen molar-refractivity contribution in [2.45, 2.75) is 38.6 Å². The minimum Gasteiger partial charge on any atom is -0.377 e. The van der Waals surface area contributed by atoms with Crippen molar-refractivity contribution in [2.75, 3.05) is 26.8 Å². The number of likely N-dealkylation sites (tertiary alicyclic amines) is 1. The average molecular weight is 199 g/mol. The number of rotatable bonds is 5. The lowest BCUT2D eigenvalue weighted by molar-refractivity contribution is -0.124. The Balaban J connectivity index is 2.36. The summed E-state index contributed by atoms with van der Waals surface area (Å²) in [6, 6.07) is 0.615. The Morgan fingerprint density at radius 1 is 1.50 bits per heavy atom. The van der Waals surface area contributed by atoms with E-state index in [0.29, 0.717) is 12.6 Å². The van der Waals surface area contributed by atoms with Gasteiger partial charge >= 0.3 is 0 Å². The van der Waals surface area contributed by atoms with E-state index in [0.717, 1.165) is 13.0 Å². The third kappa shape index (κ3) is 3.39. The van der Waals surface area contributed by atoms with E-state index >= 15 is 0 Å². The molecule has 1 fully saturated rings. The maximum absolute atomic E-state index is 11.4. The topological polar surface area (TPSA) is 29.5 Å². The zero-order valence-electron chi connectivity index (χ0n) is 9.29. The van der Waals surface area contributed by atoms with E-state index in [9.17, 15) is 4.79 Å². The highest BCUT2D eigenvalue weighted by atomic mass is 16.5. The Labute approximate surface area is 86.4 Å². The molecule has 1 heterocycles. The van der Waals surface area contributed by atoms with Crippen LogP contribution in [0.2, 0.25) is 0 Å². The van der Waals surface area contributed by atoms with Crippen molar-refractivity contribution < 1.29 is 9.53 Å². The molecule has 1 saturated heterocycles. The molecule has 0 aromatic heterocycles. The van der Waals surface area contributed by atoms with Gasteiger partial charge in [-0.15, -0.1) is 0 Å². The summed E-state index contributed by atoms with van der Waals surface area (Å²) in [5.74, 6) is 0.202. The van der Waals surface area contributed by atoms with Crippen molar-refractivity contribution in [1.29, 1.82) is 0 Å². The monoisotopic (exact) mass is 199 g/mol. The van der Waals surface area contributed by atoms with Crippen molar-refractivity contribution in [3.8, 4) is 0 Å². The van der Waals surface area contributed by atoms with Crippen LogP contribution in [0.1, 0.15) is 32.6 Å². The lowest BCUT2D eigenvalue weighted by Crippen LogP contribution is -2.42. The summed E-state index contributed by atoms with van der Waals surface area (Å²) in [6.45, 7) is 4.11. The van der Waals surface area contributed by atoms with E-state index < -0.39 is 0 Å². The average Bonchev–Trinajstić information content (AvgIpc) is 2.19. The Kier molecular flexibility index (Phi) is 5.12. The van der Waals surface area contributed by atoms with E-state index in [1.54, 1.807) is 7.11 Å². The lowest BCUT2D eigenvalue weighted by atomic mass is 10.00. The van der Waals surface area contributed by atoms with Gasteiger partial charge in [0.25, 0.3) is 0 Å². The Hall–Kier alpha value is -0.410. The van der Waals surface area contributed by atoms with Gasteiger partial charge in [0.2, 0.25) is 0 Å². The second-order valence-corrected chi connectivity index (χ2v) is 4.00. The number of carbonyl (C=O) groups is 1. The number of hydrogen-bond acceptors (Lipinski definition) is 3. The van der Waals surface area contributed by atoms with Crippen LogP contribution in [0.4, 0.5) is 0 Å². The van der Waals surface area contributed by atoms with Gasteiger partial charge in [-0.05, 0) is 25.8 Å². The molecular formula is C11H21NO2. The molecule has 1 rings (SSSR count). The molecule has 0 aromatic carbocycles. The summed E-state index contributed by atoms with van der Waals surface area (Å²) in [5, 5.41) is 0. The first kappa shape index (κ1) is 11.7. The van der Waals surface area contributed by atoms with Gasteiger partial charge in [0.1, 0.15) is 6.61 Å². The van der Waals surface area contributed by atoms with Gasteiger partial charge in [-0.1, -0.05) is 13.3 Å². The number of ketones is 1. The fourth-order valence-corrected chi connectivity index (χ4v) is 2.16. The molecule has 0 spiro atoms. The van der Waals surface area contributed by atoms with E-state index in [1.165, 1.54) is 19.3 Å². The van der Waals surface area contributed by atoms with Gasteiger partial charge in [-0.2, -0.15) is 0 Å². The number of piperidine rings is 1. The molecule has 1 unspecified atom stereocenters. The van der Waals surface area contributed by atoms with Gasteiger partial charge in [0.05, 0.1) is 6.54 Å². The van der Waals surface area contributed by atoms with Crippen LogP contribution in [0.25, 0.3) is 0 Å². The van der Waals surface area contributed by atoms with Crippen LogP contribution < -0.4 is 0 Å². The largest absolute Gasteiger partial charge is 0.377 e. The Bertz CT molecular complexity index is 182. The molecule has 0 bridgehead atoms. The molecule has 3 heteroatoms. The molecule has 82 valence electrons. The molecule has 0 radical (unpaired) electrons. The van der Waals surface area contributed by atoms with Crippen LogP contribution in [0.15, 0.2) is 0 Å². The molecule has 0 aliphatic carbocycles. The second kappa shape index (κ2) is 6.14. The van der Waals surface area contributed by atoms with Gasteiger partial charge < -0.3 is 4.74 Å². The molecule has 1 aliphatic heterocycles. The minimum absolute atomic E-state index is 0.202. The van der Waals surface area contributed by atoms with E-state index in [2.05, 4.69) is 11.8 Å². The summed E-state index contributed by atoms with van der Waals surface area (Å²) >= 11 is 0. The smallest absolute Gasteiger partial charge is 0.172 e. The van der Waals surface area contributed by atoms with Crippen molar-refractivity contribution in [1.82, 2.24) is 4.90 Å². The summed E-state index contributed by atoms with van der Waals surface area (Å²) < 4.78 is 4.84. The molecule has 1 aliphatic rings. The number of methoxy groups -OCH3 is 1. The molecular weight excluding hydrogens is 178 g/mol. The van der Waals surface area contributed by atoms with Crippen LogP contribution in [0, 0.1) is 0 Å². The molecule has 0 N–H and O–H groups in total. The summed E-state index contributed by atoms with van der Waals surface area (Å²) in [5.41, 5.74) is 0. The summed E-state index contributed by atoms with van der Waals surface area (Å²) in [4.78, 5) is 13.7. The molecule has 3 nitrogen and oxygen atoms in total. The molecule has 0 amide bonds. The molecule has 14 heavy (non-hydrogen) atoms. The first-order valence-corrected chi connectivity index (χ1v) is 5.52. The SMILES string of the molecule is CCC1CCCCN1CC(=O)COC. The second-order valence-electron chi connectivity index (χ2n) is 4.00. The summed E-state index contributed by atoms with van der Waals surface area (Å²) in [6.07, 6.45) is 4.95. The highest BCUT2D eigenvalue weighted by Gasteiger charge is 2.22. The number of nitrogens with zero attached hydrogens (tertiary/aromatic N) is 1. The quantitative estimate of drug-likeness (QED) is 0.671. The number of ether oxygens (including phenoxy) is 1. The first-order valence-electron chi connectivity index (χ1n) is 5.52. The predicted molar refractivity (Wildman–Crippen MR) is 56.4 cm³/mol. The van der Waals surface area contributed by atoms with E-state index in [1.807, 2.05) is 0 Å². The third-order valence-corrected chi connectivity index (χ3v) is 2.91. The molecule has 1 atom stereocenters. The number of carbonyl (C=O) groups excluding carboxylic acids is 1. The van der Waals surface area contributed by atoms with Gasteiger partial charge in [0, 0.05) is 13.2 Å². The number of hydrogen-bond donors (Lipinski definition) is 0. The third-order valence-electron chi connectivity index (χ3n) is 2.91. The maximum atomic E-state index is 11.4. The van der Waals surface area contributed by atoms with Gasteiger partial charge in [-0.25, -0.2) is 0 Å². The predicted octanol–water partition coefficient (Wildman–Crippen LogP) is 1.47. The highest BCUT2D eigenvalue weighted by Crippen LogP contribution is 2.18. The zero-order valence-corrected chi connectivity index (χ0v) is 9.29. The van der Waals surface area contributed by atoms with Crippen LogP contribution in [-0.4, -0.2) is 43.5 Å². The fraction of sp³-hybridized carbons (Fsp3) is 0.909.